The average Bonchev–Trinajstić information content (AvgIpc) is 2.54. The Labute approximate surface area is 135 Å². The highest BCUT2D eigenvalue weighted by atomic mass is 19.1. The lowest BCUT2D eigenvalue weighted by atomic mass is 9.94. The Bertz CT molecular complexity index is 550. The highest BCUT2D eigenvalue weighted by Crippen LogP contribution is 2.21. The van der Waals surface area contributed by atoms with Crippen LogP contribution >= 0.6 is 0 Å². The van der Waals surface area contributed by atoms with Crippen molar-refractivity contribution in [3.8, 4) is 0 Å². The van der Waals surface area contributed by atoms with Crippen molar-refractivity contribution in [2.45, 2.75) is 19.3 Å². The molecule has 126 valence electrons. The van der Waals surface area contributed by atoms with Crippen LogP contribution in [0, 0.1) is 11.7 Å². The smallest absolute Gasteiger partial charge is 0.253 e. The molecule has 0 aliphatic carbocycles. The Morgan fingerprint density at radius 3 is 3.00 bits per heavy atom. The van der Waals surface area contributed by atoms with Gasteiger partial charge >= 0.3 is 0 Å². The molecule has 1 aliphatic heterocycles. The summed E-state index contributed by atoms with van der Waals surface area (Å²) in [5.41, 5.74) is 0.357. The molecule has 1 aromatic carbocycles. The molecule has 1 N–H and O–H groups in total. The number of hydrogen-bond acceptors (Lipinski definition) is 3. The maximum Gasteiger partial charge on any atom is 0.253 e. The Balaban J connectivity index is 1.87. The van der Waals surface area contributed by atoms with Crippen LogP contribution in [0.15, 0.2) is 24.3 Å². The van der Waals surface area contributed by atoms with Gasteiger partial charge in [0.2, 0.25) is 5.91 Å². The fraction of sp³-hybridized carbons (Fsp3) is 0.529. The highest BCUT2D eigenvalue weighted by molar-refractivity contribution is 5.94. The average molecular weight is 322 g/mol. The molecule has 1 atom stereocenters. The number of piperidine rings is 1. The Morgan fingerprint density at radius 1 is 1.43 bits per heavy atom. The van der Waals surface area contributed by atoms with Gasteiger partial charge < -0.3 is 15.0 Å². The van der Waals surface area contributed by atoms with Gasteiger partial charge in [0, 0.05) is 38.7 Å². The monoisotopic (exact) mass is 322 g/mol. The minimum absolute atomic E-state index is 0.0212. The molecule has 1 heterocycles. The van der Waals surface area contributed by atoms with Gasteiger partial charge in [-0.15, -0.1) is 0 Å². The summed E-state index contributed by atoms with van der Waals surface area (Å²) >= 11 is 0. The van der Waals surface area contributed by atoms with Crippen molar-refractivity contribution < 1.29 is 18.7 Å². The van der Waals surface area contributed by atoms with Crippen molar-refractivity contribution in [3.05, 3.63) is 35.6 Å². The molecular weight excluding hydrogens is 299 g/mol. The lowest BCUT2D eigenvalue weighted by molar-refractivity contribution is -0.122. The number of carbonyl (C=O) groups is 2. The molecule has 6 heteroatoms. The number of nitrogens with zero attached hydrogens (tertiary/aromatic N) is 1. The van der Waals surface area contributed by atoms with E-state index >= 15 is 0 Å². The number of methoxy groups -OCH3 is 1. The van der Waals surface area contributed by atoms with E-state index in [0.717, 1.165) is 12.8 Å². The number of rotatable bonds is 6. The largest absolute Gasteiger partial charge is 0.383 e. The van der Waals surface area contributed by atoms with Crippen LogP contribution in [0.4, 0.5) is 4.39 Å². The number of amides is 2. The van der Waals surface area contributed by atoms with Crippen molar-refractivity contribution in [3.63, 3.8) is 0 Å². The summed E-state index contributed by atoms with van der Waals surface area (Å²) in [5.74, 6) is -0.466. The van der Waals surface area contributed by atoms with Crippen LogP contribution in [-0.2, 0) is 9.53 Å². The van der Waals surface area contributed by atoms with Gasteiger partial charge in [-0.05, 0) is 37.0 Å². The van der Waals surface area contributed by atoms with E-state index < -0.39 is 5.82 Å². The van der Waals surface area contributed by atoms with Gasteiger partial charge in [-0.3, -0.25) is 9.59 Å². The number of carbonyl (C=O) groups excluding carboxylic acids is 2. The summed E-state index contributed by atoms with van der Waals surface area (Å²) in [5, 5.41) is 2.80. The predicted octanol–water partition coefficient (Wildman–Crippen LogP) is 1.83. The maximum atomic E-state index is 13.3. The van der Waals surface area contributed by atoms with E-state index in [1.807, 2.05) is 0 Å². The van der Waals surface area contributed by atoms with Crippen LogP contribution in [0.25, 0.3) is 0 Å². The topological polar surface area (TPSA) is 58.6 Å². The zero-order valence-corrected chi connectivity index (χ0v) is 13.4. The first-order valence-corrected chi connectivity index (χ1v) is 7.90. The number of likely N-dealkylation sites (tertiary alicyclic amines) is 1. The molecule has 0 aromatic heterocycles. The molecule has 2 amide bonds. The van der Waals surface area contributed by atoms with E-state index in [2.05, 4.69) is 5.32 Å². The molecule has 1 fully saturated rings. The minimum Gasteiger partial charge on any atom is -0.383 e. The SMILES string of the molecule is COCCNC(=O)CC1CCCN(C(=O)c2cccc(F)c2)C1. The summed E-state index contributed by atoms with van der Waals surface area (Å²) in [6.45, 7) is 2.17. The molecule has 2 rings (SSSR count). The summed E-state index contributed by atoms with van der Waals surface area (Å²) in [6.07, 6.45) is 2.18. The molecule has 1 unspecified atom stereocenters. The third-order valence-electron chi connectivity index (χ3n) is 3.98. The van der Waals surface area contributed by atoms with E-state index in [4.69, 9.17) is 4.74 Å². The lowest BCUT2D eigenvalue weighted by Gasteiger charge is -2.32. The molecule has 0 radical (unpaired) electrons. The van der Waals surface area contributed by atoms with Gasteiger partial charge in [-0.25, -0.2) is 4.39 Å². The third kappa shape index (κ3) is 5.32. The van der Waals surface area contributed by atoms with Crippen LogP contribution in [0.3, 0.4) is 0 Å². The maximum absolute atomic E-state index is 13.3. The number of halogens is 1. The molecule has 23 heavy (non-hydrogen) atoms. The molecule has 0 bridgehead atoms. The molecular formula is C17H23FN2O3. The molecule has 0 saturated carbocycles. The summed E-state index contributed by atoms with van der Waals surface area (Å²) < 4.78 is 18.1. The lowest BCUT2D eigenvalue weighted by Crippen LogP contribution is -2.41. The van der Waals surface area contributed by atoms with Crippen LogP contribution in [0.2, 0.25) is 0 Å². The van der Waals surface area contributed by atoms with E-state index in [-0.39, 0.29) is 17.7 Å². The van der Waals surface area contributed by atoms with Crippen molar-refractivity contribution in [1.29, 1.82) is 0 Å². The first kappa shape index (κ1) is 17.4. The number of nitrogens with one attached hydrogen (secondary N) is 1. The van der Waals surface area contributed by atoms with E-state index in [1.54, 1.807) is 18.1 Å². The Hall–Kier alpha value is -1.95. The first-order valence-electron chi connectivity index (χ1n) is 7.90. The molecule has 1 saturated heterocycles. The summed E-state index contributed by atoms with van der Waals surface area (Å²) in [7, 11) is 1.59. The zero-order valence-electron chi connectivity index (χ0n) is 13.4. The van der Waals surface area contributed by atoms with Crippen molar-refractivity contribution in [2.24, 2.45) is 5.92 Å². The fourth-order valence-electron chi connectivity index (χ4n) is 2.85. The van der Waals surface area contributed by atoms with E-state index in [0.29, 0.717) is 38.2 Å². The van der Waals surface area contributed by atoms with Gasteiger partial charge in [-0.1, -0.05) is 6.07 Å². The molecule has 5 nitrogen and oxygen atoms in total. The molecule has 1 aromatic rings. The highest BCUT2D eigenvalue weighted by Gasteiger charge is 2.26. The normalized spacial score (nSPS) is 17.8. The van der Waals surface area contributed by atoms with Gasteiger partial charge in [-0.2, -0.15) is 0 Å². The van der Waals surface area contributed by atoms with Crippen molar-refractivity contribution in [1.82, 2.24) is 10.2 Å². The van der Waals surface area contributed by atoms with Crippen molar-refractivity contribution >= 4 is 11.8 Å². The Morgan fingerprint density at radius 2 is 2.26 bits per heavy atom. The number of benzene rings is 1. The summed E-state index contributed by atoms with van der Waals surface area (Å²) in [4.78, 5) is 26.0. The second-order valence-corrected chi connectivity index (χ2v) is 5.82. The molecule has 1 aliphatic rings. The van der Waals surface area contributed by atoms with Gasteiger partial charge in [0.1, 0.15) is 5.82 Å². The second-order valence-electron chi connectivity index (χ2n) is 5.82. The standard InChI is InChI=1S/C17H23FN2O3/c1-23-9-7-19-16(21)10-13-4-3-8-20(12-13)17(22)14-5-2-6-15(18)11-14/h2,5-6,11,13H,3-4,7-10,12H2,1H3,(H,19,21). The summed E-state index contributed by atoms with van der Waals surface area (Å²) in [6, 6.07) is 5.73. The number of ether oxygens (including phenoxy) is 1. The van der Waals surface area contributed by atoms with E-state index in [1.165, 1.54) is 18.2 Å². The van der Waals surface area contributed by atoms with E-state index in [9.17, 15) is 14.0 Å². The predicted molar refractivity (Wildman–Crippen MR) is 84.5 cm³/mol. The molecule has 0 spiro atoms. The van der Waals surface area contributed by atoms with Crippen LogP contribution < -0.4 is 5.32 Å². The van der Waals surface area contributed by atoms with Crippen LogP contribution in [0.1, 0.15) is 29.6 Å². The first-order chi connectivity index (χ1) is 11.1. The zero-order chi connectivity index (χ0) is 16.7. The van der Waals surface area contributed by atoms with Gasteiger partial charge in [0.05, 0.1) is 6.61 Å². The van der Waals surface area contributed by atoms with Crippen LogP contribution in [0.5, 0.6) is 0 Å². The van der Waals surface area contributed by atoms with Crippen LogP contribution in [-0.4, -0.2) is 50.1 Å². The van der Waals surface area contributed by atoms with Gasteiger partial charge in [0.25, 0.3) is 5.91 Å². The second kappa shape index (κ2) is 8.62. The fourth-order valence-corrected chi connectivity index (χ4v) is 2.85. The Kier molecular flexibility index (Phi) is 6.52. The van der Waals surface area contributed by atoms with Gasteiger partial charge in [0.15, 0.2) is 0 Å². The van der Waals surface area contributed by atoms with Crippen molar-refractivity contribution in [2.75, 3.05) is 33.4 Å². The third-order valence-corrected chi connectivity index (χ3v) is 3.98. The number of hydrogen-bond donors (Lipinski definition) is 1. The minimum atomic E-state index is -0.415. The quantitative estimate of drug-likeness (QED) is 0.813.